The van der Waals surface area contributed by atoms with Gasteiger partial charge in [-0.1, -0.05) is 6.07 Å². The standard InChI is InChI=1S/C47H49F4N9O5S/c1-26-22-32(23-27(2)40(26)48)54-41(59-19-18-58(45(59)62)33-5-7-34(8-6-33)66(53,63)35-9-10-35)39-28(3)57(17-12-36(39)52)42(61)38-25-31-24-30(29-13-20-64-21-14-29)4-11-37(31)60(38)46(15-16-46)43-55-44(65-56-43)47(49,50)51/h4-8,11,18-19,22-25,28-29,35,44,53H,9-10,12-17,20-21,52H2,1-3H3,(H,55,56)/t28-,44?,66?/m0/s1. The van der Waals surface area contributed by atoms with Gasteiger partial charge in [0.25, 0.3) is 12.1 Å². The number of halogens is 4. The van der Waals surface area contributed by atoms with Gasteiger partial charge in [-0.05, 0) is 137 Å². The van der Waals surface area contributed by atoms with Gasteiger partial charge >= 0.3 is 11.9 Å². The van der Waals surface area contributed by atoms with Gasteiger partial charge in [0.1, 0.15) is 22.9 Å². The second-order valence-corrected chi connectivity index (χ2v) is 20.3. The van der Waals surface area contributed by atoms with Crippen molar-refractivity contribution < 1.29 is 36.1 Å². The Morgan fingerprint density at radius 3 is 2.33 bits per heavy atom. The minimum absolute atomic E-state index is 0.0181. The van der Waals surface area contributed by atoms with Crippen molar-refractivity contribution in [3.8, 4) is 5.69 Å². The van der Waals surface area contributed by atoms with E-state index in [1.165, 1.54) is 15.3 Å². The Labute approximate surface area is 377 Å². The van der Waals surface area contributed by atoms with Crippen LogP contribution in [-0.2, 0) is 24.8 Å². The normalized spacial score (nSPS) is 22.4. The Hall–Kier alpha value is -6.05. The number of carbonyl (C=O) groups is 1. The van der Waals surface area contributed by atoms with Gasteiger partial charge in [0.2, 0.25) is 0 Å². The Bertz CT molecular complexity index is 3040. The second-order valence-electron chi connectivity index (χ2n) is 18.0. The Balaban J connectivity index is 1.06. The number of alkyl halides is 3. The van der Waals surface area contributed by atoms with Gasteiger partial charge in [0, 0.05) is 70.9 Å². The van der Waals surface area contributed by atoms with Crippen molar-refractivity contribution >= 4 is 43.9 Å². The fraction of sp³-hybridized carbons (Fsp3) is 0.404. The number of aliphatic imine (C=N–C) groups is 2. The van der Waals surface area contributed by atoms with Crippen molar-refractivity contribution in [3.63, 3.8) is 0 Å². The lowest BCUT2D eigenvalue weighted by molar-refractivity contribution is -0.220. The maximum absolute atomic E-state index is 15.4. The molecule has 5 heterocycles. The molecule has 3 fully saturated rings. The molecule has 3 atom stereocenters. The molecule has 3 aromatic carbocycles. The molecule has 346 valence electrons. The number of hydrogen-bond acceptors (Lipinski definition) is 10. The molecule has 0 radical (unpaired) electrons. The van der Waals surface area contributed by atoms with Crippen molar-refractivity contribution in [2.24, 2.45) is 15.7 Å². The molecule has 4 N–H and O–H groups in total. The summed E-state index contributed by atoms with van der Waals surface area (Å²) in [4.78, 5) is 45.8. The van der Waals surface area contributed by atoms with Gasteiger partial charge in [-0.15, -0.1) is 0 Å². The highest BCUT2D eigenvalue weighted by Crippen LogP contribution is 2.50. The van der Waals surface area contributed by atoms with Crippen LogP contribution < -0.4 is 16.9 Å². The predicted molar refractivity (Wildman–Crippen MR) is 240 cm³/mol. The van der Waals surface area contributed by atoms with E-state index in [9.17, 15) is 26.6 Å². The van der Waals surface area contributed by atoms with E-state index in [1.54, 1.807) is 78.9 Å². The minimum Gasteiger partial charge on any atom is -0.402 e. The smallest absolute Gasteiger partial charge is 0.402 e. The average molecular weight is 928 g/mol. The number of hydroxylamine groups is 1. The topological polar surface area (TPSA) is 174 Å². The summed E-state index contributed by atoms with van der Waals surface area (Å²) in [6.45, 7) is 6.43. The molecule has 10 rings (SSSR count). The zero-order valence-corrected chi connectivity index (χ0v) is 37.3. The number of rotatable bonds is 9. The summed E-state index contributed by atoms with van der Waals surface area (Å²) in [5.41, 5.74) is 11.8. The van der Waals surface area contributed by atoms with E-state index in [1.807, 2.05) is 18.2 Å². The summed E-state index contributed by atoms with van der Waals surface area (Å²) < 4.78 is 88.3. The van der Waals surface area contributed by atoms with E-state index >= 15 is 4.79 Å². The van der Waals surface area contributed by atoms with E-state index < -0.39 is 51.1 Å². The first-order chi connectivity index (χ1) is 31.5. The molecule has 2 unspecified atom stereocenters. The molecule has 2 aromatic heterocycles. The number of amides is 1. The summed E-state index contributed by atoms with van der Waals surface area (Å²) in [7, 11) is -2.97. The van der Waals surface area contributed by atoms with Gasteiger partial charge in [-0.3, -0.25) is 13.9 Å². The number of nitrogens with one attached hydrogen (secondary N) is 2. The second kappa shape index (κ2) is 16.1. The molecule has 0 spiro atoms. The third-order valence-electron chi connectivity index (χ3n) is 13.6. The lowest BCUT2D eigenvalue weighted by Gasteiger charge is -2.37. The van der Waals surface area contributed by atoms with E-state index in [4.69, 9.17) is 25.1 Å². The van der Waals surface area contributed by atoms with Crippen molar-refractivity contribution in [2.75, 3.05) is 19.8 Å². The third kappa shape index (κ3) is 7.53. The highest BCUT2D eigenvalue weighted by Gasteiger charge is 2.56. The zero-order valence-electron chi connectivity index (χ0n) is 36.5. The molecule has 5 aliphatic rings. The molecule has 1 amide bonds. The van der Waals surface area contributed by atoms with Crippen molar-refractivity contribution in [1.29, 1.82) is 4.78 Å². The van der Waals surface area contributed by atoms with E-state index in [0.29, 0.717) is 70.2 Å². The van der Waals surface area contributed by atoms with Gasteiger partial charge in [-0.2, -0.15) is 13.2 Å². The minimum atomic E-state index is -4.76. The number of aromatic nitrogens is 3. The van der Waals surface area contributed by atoms with E-state index in [2.05, 4.69) is 10.5 Å². The van der Waals surface area contributed by atoms with Crippen LogP contribution in [-0.4, -0.2) is 83.8 Å². The molecule has 5 aromatic rings. The first-order valence-electron chi connectivity index (χ1n) is 22.1. The molecule has 19 heteroatoms. The lowest BCUT2D eigenvalue weighted by atomic mass is 9.91. The average Bonchev–Trinajstić information content (AvgIpc) is 4.18. The summed E-state index contributed by atoms with van der Waals surface area (Å²) in [6.07, 6.45) is 0.0214. The van der Waals surface area contributed by atoms with Crippen molar-refractivity contribution in [3.05, 3.63) is 123 Å². The monoisotopic (exact) mass is 927 g/mol. The first-order valence-corrected chi connectivity index (χ1v) is 23.7. The maximum Gasteiger partial charge on any atom is 0.437 e. The molecule has 14 nitrogen and oxygen atoms in total. The number of fused-ring (bicyclic) bond motifs is 1. The molecule has 66 heavy (non-hydrogen) atoms. The molecule has 2 aliphatic carbocycles. The number of carbonyl (C=O) groups excluding carboxylic acids is 1. The van der Waals surface area contributed by atoms with Crippen LogP contribution in [0.5, 0.6) is 0 Å². The number of nitrogens with two attached hydrogens (primary N) is 1. The largest absolute Gasteiger partial charge is 0.437 e. The molecular formula is C47H49F4N9O5S. The molecular weight excluding hydrogens is 879 g/mol. The van der Waals surface area contributed by atoms with Gasteiger partial charge in [0.15, 0.2) is 5.84 Å². The zero-order chi connectivity index (χ0) is 46.4. The number of ether oxygens (including phenoxy) is 1. The van der Waals surface area contributed by atoms with Gasteiger partial charge < -0.3 is 19.9 Å². The van der Waals surface area contributed by atoms with Crippen LogP contribution in [0.1, 0.15) is 85.0 Å². The van der Waals surface area contributed by atoms with Crippen LogP contribution in [0.4, 0.5) is 23.2 Å². The van der Waals surface area contributed by atoms with Gasteiger partial charge in [0.05, 0.1) is 27.1 Å². The highest BCUT2D eigenvalue weighted by atomic mass is 32.2. The van der Waals surface area contributed by atoms with E-state index in [-0.39, 0.29) is 41.5 Å². The lowest BCUT2D eigenvalue weighted by Crippen LogP contribution is -2.49. The first kappa shape index (κ1) is 43.8. The number of aryl methyl sites for hydroxylation is 2. The van der Waals surface area contributed by atoms with Crippen LogP contribution in [0.2, 0.25) is 0 Å². The summed E-state index contributed by atoms with van der Waals surface area (Å²) in [5.74, 6) is -0.505. The van der Waals surface area contributed by atoms with E-state index in [0.717, 1.165) is 36.6 Å². The van der Waals surface area contributed by atoms with Crippen LogP contribution in [0, 0.1) is 24.4 Å². The summed E-state index contributed by atoms with van der Waals surface area (Å²) in [6, 6.07) is 16.5. The molecule has 0 bridgehead atoms. The summed E-state index contributed by atoms with van der Waals surface area (Å²) >= 11 is 0. The third-order valence-corrected chi connectivity index (χ3v) is 16.0. The molecule has 2 saturated carbocycles. The van der Waals surface area contributed by atoms with Crippen LogP contribution in [0.25, 0.3) is 16.6 Å². The van der Waals surface area contributed by atoms with Crippen molar-refractivity contribution in [1.82, 2.24) is 24.1 Å². The van der Waals surface area contributed by atoms with Gasteiger partial charge in [-0.25, -0.2) is 38.5 Å². The number of nitrogens with zero attached hydrogens (tertiary/aromatic N) is 6. The number of amidine groups is 1. The number of hydrogen-bond donors (Lipinski definition) is 3. The fourth-order valence-electron chi connectivity index (χ4n) is 9.70. The Kier molecular flexibility index (Phi) is 10.7. The highest BCUT2D eigenvalue weighted by molar-refractivity contribution is 7.93. The van der Waals surface area contributed by atoms with Crippen LogP contribution in [0.15, 0.2) is 104 Å². The fourth-order valence-corrected chi connectivity index (χ4v) is 11.4. The number of imidazole rings is 1. The quantitative estimate of drug-likeness (QED) is 0.0767. The molecule has 3 aliphatic heterocycles. The Morgan fingerprint density at radius 2 is 1.70 bits per heavy atom. The van der Waals surface area contributed by atoms with Crippen molar-refractivity contribution in [2.45, 2.75) is 106 Å². The maximum atomic E-state index is 15.4. The summed E-state index contributed by atoms with van der Waals surface area (Å²) in [5, 5.41) is 0.558. The van der Waals surface area contributed by atoms with Crippen LogP contribution in [0.3, 0.4) is 0 Å². The van der Waals surface area contributed by atoms with Crippen LogP contribution >= 0.6 is 0 Å². The molecule has 1 saturated heterocycles. The Morgan fingerprint density at radius 1 is 1.00 bits per heavy atom. The predicted octanol–water partition coefficient (Wildman–Crippen LogP) is 7.85. The SMILES string of the molecule is Cc1cc(N=C(C2=C(N)CCN(C(=O)c3cc4cc(C5CCOCC5)ccc4n3C3(C4=NC(C(F)(F)F)ON4)CC3)[C@H]2C)n2ccn(-c3ccc(S(=N)(=O)C4CC4)cc3)c2=O)cc(C)c1F. The number of benzene rings is 3.